The molecule has 0 aliphatic rings. The molecule has 230 valence electrons. The normalized spacial score (nSPS) is 11.7. The summed E-state index contributed by atoms with van der Waals surface area (Å²) >= 11 is 12.2. The van der Waals surface area contributed by atoms with E-state index in [-0.39, 0.29) is 30.3 Å². The van der Waals surface area contributed by atoms with Gasteiger partial charge in [0, 0.05) is 46.1 Å². The molecule has 0 bridgehead atoms. The summed E-state index contributed by atoms with van der Waals surface area (Å²) in [6.45, 7) is -0.718. The minimum Gasteiger partial charge on any atom is -0.481 e. The molecule has 0 aliphatic carbocycles. The van der Waals surface area contributed by atoms with Gasteiger partial charge in [-0.1, -0.05) is 47.5 Å². The summed E-state index contributed by atoms with van der Waals surface area (Å²) in [5.74, 6) is -1.91. The van der Waals surface area contributed by atoms with Crippen LogP contribution in [0.15, 0.2) is 72.9 Å². The molecule has 1 amide bonds. The molecule has 0 radical (unpaired) electrons. The largest absolute Gasteiger partial charge is 0.481 e. The molecule has 0 aliphatic heterocycles. The van der Waals surface area contributed by atoms with Crippen LogP contribution in [0.1, 0.15) is 33.6 Å². The lowest BCUT2D eigenvalue weighted by Gasteiger charge is -2.21. The van der Waals surface area contributed by atoms with E-state index in [1.807, 2.05) is 0 Å². The number of hydrogen-bond acceptors (Lipinski definition) is 4. The van der Waals surface area contributed by atoms with Crippen LogP contribution < -0.4 is 10.6 Å². The number of nitrogens with one attached hydrogen (secondary N) is 2. The van der Waals surface area contributed by atoms with E-state index in [2.05, 4.69) is 15.6 Å². The molecule has 0 spiro atoms. The molecule has 1 heterocycles. The third-order valence-corrected chi connectivity index (χ3v) is 6.96. The molecular formula is C30H21Cl2F6N3O3. The van der Waals surface area contributed by atoms with Crippen LogP contribution >= 0.6 is 23.2 Å². The van der Waals surface area contributed by atoms with Crippen molar-refractivity contribution in [2.24, 2.45) is 0 Å². The van der Waals surface area contributed by atoms with E-state index in [1.54, 1.807) is 42.5 Å². The van der Waals surface area contributed by atoms with Crippen LogP contribution in [0.2, 0.25) is 10.0 Å². The quantitative estimate of drug-likeness (QED) is 0.157. The number of carboxylic acid groups (broad SMARTS) is 1. The monoisotopic (exact) mass is 655 g/mol. The van der Waals surface area contributed by atoms with Gasteiger partial charge in [0.1, 0.15) is 5.69 Å². The average molecular weight is 656 g/mol. The molecule has 0 unspecified atom stereocenters. The Kier molecular flexibility index (Phi) is 9.75. The van der Waals surface area contributed by atoms with Crippen LogP contribution in [0.25, 0.3) is 22.3 Å². The summed E-state index contributed by atoms with van der Waals surface area (Å²) < 4.78 is 83.6. The van der Waals surface area contributed by atoms with E-state index in [9.17, 15) is 35.9 Å². The molecule has 44 heavy (non-hydrogen) atoms. The van der Waals surface area contributed by atoms with Gasteiger partial charge in [-0.05, 0) is 59.2 Å². The smallest absolute Gasteiger partial charge is 0.416 e. The van der Waals surface area contributed by atoms with Gasteiger partial charge in [-0.3, -0.25) is 14.6 Å². The Morgan fingerprint density at radius 1 is 0.818 bits per heavy atom. The second-order valence-corrected chi connectivity index (χ2v) is 10.3. The molecule has 6 nitrogen and oxygen atoms in total. The zero-order valence-electron chi connectivity index (χ0n) is 22.3. The maximum Gasteiger partial charge on any atom is 0.416 e. The van der Waals surface area contributed by atoms with E-state index in [1.165, 1.54) is 6.07 Å². The first-order chi connectivity index (χ1) is 20.6. The molecule has 4 rings (SSSR count). The minimum absolute atomic E-state index is 0.0594. The SMILES string of the molecule is O=C(O)CCNC(=O)c1ccc(-c2cc(C(F)(F)F)cc(C(F)(F)F)c2CNc2ccc(-c3ccc(Cl)cc3Cl)cc2)cn1. The number of aliphatic carboxylic acids is 1. The fourth-order valence-corrected chi connectivity index (χ4v) is 4.80. The first-order valence-corrected chi connectivity index (χ1v) is 13.5. The highest BCUT2D eigenvalue weighted by molar-refractivity contribution is 6.36. The number of amides is 1. The molecule has 3 N–H and O–H groups in total. The molecule has 4 aromatic rings. The van der Waals surface area contributed by atoms with Crippen molar-refractivity contribution in [2.45, 2.75) is 25.3 Å². The van der Waals surface area contributed by atoms with Gasteiger partial charge in [0.15, 0.2) is 0 Å². The minimum atomic E-state index is -5.14. The maximum absolute atomic E-state index is 14.2. The van der Waals surface area contributed by atoms with E-state index in [0.717, 1.165) is 12.3 Å². The number of pyridine rings is 1. The Morgan fingerprint density at radius 3 is 2.07 bits per heavy atom. The van der Waals surface area contributed by atoms with Crippen molar-refractivity contribution in [3.63, 3.8) is 0 Å². The standard InChI is InChI=1S/C30H21Cl2F6N3O3/c31-19-4-7-21(25(32)13-19)16-1-5-20(6-2-16)40-15-23-22(11-18(29(33,34)35)12-24(23)30(36,37)38)17-3-8-26(41-14-17)28(44)39-10-9-27(42)43/h1-8,11-14,40H,9-10,15H2,(H,39,44)(H,42,43). The van der Waals surface area contributed by atoms with Crippen molar-refractivity contribution in [1.82, 2.24) is 10.3 Å². The van der Waals surface area contributed by atoms with Gasteiger partial charge < -0.3 is 15.7 Å². The third kappa shape index (κ3) is 8.00. The number of anilines is 1. The van der Waals surface area contributed by atoms with Crippen molar-refractivity contribution >= 4 is 40.8 Å². The van der Waals surface area contributed by atoms with Crippen molar-refractivity contribution in [3.8, 4) is 22.3 Å². The number of benzene rings is 3. The Hall–Kier alpha value is -4.29. The van der Waals surface area contributed by atoms with Gasteiger partial charge in [0.25, 0.3) is 5.91 Å². The van der Waals surface area contributed by atoms with Gasteiger partial charge in [-0.2, -0.15) is 26.3 Å². The molecule has 14 heteroatoms. The molecule has 3 aromatic carbocycles. The number of rotatable bonds is 9. The van der Waals surface area contributed by atoms with Crippen molar-refractivity contribution in [3.05, 3.63) is 105 Å². The number of carboxylic acids is 1. The summed E-state index contributed by atoms with van der Waals surface area (Å²) in [4.78, 5) is 26.8. The Morgan fingerprint density at radius 2 is 1.50 bits per heavy atom. The first kappa shape index (κ1) is 32.6. The number of halogens is 8. The zero-order chi connectivity index (χ0) is 32.2. The highest BCUT2D eigenvalue weighted by atomic mass is 35.5. The number of hydrogen-bond donors (Lipinski definition) is 3. The molecule has 0 atom stereocenters. The Bertz CT molecular complexity index is 1680. The number of aromatic nitrogens is 1. The summed E-state index contributed by atoms with van der Waals surface area (Å²) in [6.07, 6.45) is -9.60. The third-order valence-electron chi connectivity index (χ3n) is 6.41. The molecular weight excluding hydrogens is 635 g/mol. The Balaban J connectivity index is 1.69. The second kappa shape index (κ2) is 13.1. The zero-order valence-corrected chi connectivity index (χ0v) is 23.8. The van der Waals surface area contributed by atoms with Crippen molar-refractivity contribution in [2.75, 3.05) is 11.9 Å². The lowest BCUT2D eigenvalue weighted by atomic mass is 9.92. The Labute approximate surface area is 256 Å². The average Bonchev–Trinajstić information content (AvgIpc) is 2.95. The summed E-state index contributed by atoms with van der Waals surface area (Å²) in [6, 6.07) is 14.4. The molecule has 0 saturated carbocycles. The van der Waals surface area contributed by atoms with Crippen LogP contribution in [0.3, 0.4) is 0 Å². The van der Waals surface area contributed by atoms with Gasteiger partial charge in [0.2, 0.25) is 0 Å². The number of carbonyl (C=O) groups excluding carboxylic acids is 1. The van der Waals surface area contributed by atoms with Gasteiger partial charge >= 0.3 is 18.3 Å². The summed E-state index contributed by atoms with van der Waals surface area (Å²) in [7, 11) is 0. The number of alkyl halides is 6. The van der Waals surface area contributed by atoms with Gasteiger partial charge in [-0.25, -0.2) is 0 Å². The fourth-order valence-electron chi connectivity index (χ4n) is 4.28. The van der Waals surface area contributed by atoms with E-state index in [0.29, 0.717) is 32.9 Å². The van der Waals surface area contributed by atoms with E-state index >= 15 is 0 Å². The van der Waals surface area contributed by atoms with Crippen LogP contribution in [0.5, 0.6) is 0 Å². The van der Waals surface area contributed by atoms with Crippen molar-refractivity contribution in [1.29, 1.82) is 0 Å². The second-order valence-electron chi connectivity index (χ2n) is 9.43. The summed E-state index contributed by atoms with van der Waals surface area (Å²) in [5.41, 5.74) is -2.44. The molecule has 0 fully saturated rings. The van der Waals surface area contributed by atoms with E-state index < -0.39 is 53.0 Å². The molecule has 0 saturated heterocycles. The van der Waals surface area contributed by atoms with Crippen molar-refractivity contribution < 1.29 is 41.0 Å². The van der Waals surface area contributed by atoms with Crippen LogP contribution in [0, 0.1) is 0 Å². The van der Waals surface area contributed by atoms with Gasteiger partial charge in [0.05, 0.1) is 17.5 Å². The highest BCUT2D eigenvalue weighted by Crippen LogP contribution is 2.42. The predicted molar refractivity (Wildman–Crippen MR) is 153 cm³/mol. The van der Waals surface area contributed by atoms with Gasteiger partial charge in [-0.15, -0.1) is 0 Å². The van der Waals surface area contributed by atoms with Crippen LogP contribution in [-0.4, -0.2) is 28.5 Å². The lowest BCUT2D eigenvalue weighted by Crippen LogP contribution is -2.26. The van der Waals surface area contributed by atoms with E-state index in [4.69, 9.17) is 28.3 Å². The topological polar surface area (TPSA) is 91.3 Å². The summed E-state index contributed by atoms with van der Waals surface area (Å²) in [5, 5.41) is 14.7. The number of carbonyl (C=O) groups is 2. The predicted octanol–water partition coefficient (Wildman–Crippen LogP) is 8.58. The first-order valence-electron chi connectivity index (χ1n) is 12.7. The maximum atomic E-state index is 14.2. The highest BCUT2D eigenvalue weighted by Gasteiger charge is 2.39. The fraction of sp³-hybridized carbons (Fsp3) is 0.167. The van der Waals surface area contributed by atoms with Crippen LogP contribution in [-0.2, 0) is 23.7 Å². The lowest BCUT2D eigenvalue weighted by molar-refractivity contribution is -0.143. The number of nitrogens with zero attached hydrogens (tertiary/aromatic N) is 1. The molecule has 1 aromatic heterocycles. The van der Waals surface area contributed by atoms with Crippen LogP contribution in [0.4, 0.5) is 32.0 Å².